The van der Waals surface area contributed by atoms with Gasteiger partial charge in [0.1, 0.15) is 12.4 Å². The lowest BCUT2D eigenvalue weighted by molar-refractivity contribution is 0.253. The molecule has 3 nitrogen and oxygen atoms in total. The molecule has 1 unspecified atom stereocenters. The maximum atomic E-state index is 9.60. The fraction of sp³-hybridized carbons (Fsp3) is 0.188. The summed E-state index contributed by atoms with van der Waals surface area (Å²) in [5.41, 5.74) is 2.11. The number of benzene rings is 2. The number of anilines is 1. The number of hydrogen-bond acceptors (Lipinski definition) is 3. The lowest BCUT2D eigenvalue weighted by Gasteiger charge is -2.34. The fourth-order valence-electron chi connectivity index (χ4n) is 2.32. The smallest absolute Gasteiger partial charge is 0.185 e. The van der Waals surface area contributed by atoms with Crippen molar-refractivity contribution in [2.24, 2.45) is 0 Å². The molecular formula is C16H14N2O. The molecule has 0 bridgehead atoms. The van der Waals surface area contributed by atoms with Crippen LogP contribution in [0.25, 0.3) is 0 Å². The second-order valence-corrected chi connectivity index (χ2v) is 4.80. The van der Waals surface area contributed by atoms with Crippen LogP contribution >= 0.6 is 0 Å². The van der Waals surface area contributed by atoms with Crippen molar-refractivity contribution in [3.8, 4) is 11.8 Å². The first-order valence-electron chi connectivity index (χ1n) is 6.22. The van der Waals surface area contributed by atoms with Gasteiger partial charge in [0.05, 0.1) is 11.8 Å². The number of nitrogens with one attached hydrogen (secondary N) is 1. The van der Waals surface area contributed by atoms with Gasteiger partial charge in [-0.1, -0.05) is 36.4 Å². The minimum Gasteiger partial charge on any atom is -0.487 e. The first-order valence-corrected chi connectivity index (χ1v) is 6.22. The van der Waals surface area contributed by atoms with Gasteiger partial charge < -0.3 is 10.1 Å². The van der Waals surface area contributed by atoms with Crippen molar-refractivity contribution in [3.05, 3.63) is 59.7 Å². The number of rotatable bonds is 1. The van der Waals surface area contributed by atoms with Gasteiger partial charge in [0, 0.05) is 0 Å². The van der Waals surface area contributed by atoms with Gasteiger partial charge in [-0.2, -0.15) is 5.26 Å². The van der Waals surface area contributed by atoms with Gasteiger partial charge in [-0.15, -0.1) is 0 Å². The Morgan fingerprint density at radius 3 is 2.74 bits per heavy atom. The largest absolute Gasteiger partial charge is 0.487 e. The topological polar surface area (TPSA) is 45.0 Å². The van der Waals surface area contributed by atoms with Crippen LogP contribution < -0.4 is 10.1 Å². The van der Waals surface area contributed by atoms with Gasteiger partial charge in [0.15, 0.2) is 5.54 Å². The van der Waals surface area contributed by atoms with Gasteiger partial charge in [0.2, 0.25) is 0 Å². The first kappa shape index (κ1) is 11.6. The molecule has 2 aromatic carbocycles. The molecule has 1 N–H and O–H groups in total. The molecule has 1 aliphatic heterocycles. The highest BCUT2D eigenvalue weighted by molar-refractivity contribution is 5.63. The van der Waals surface area contributed by atoms with Crippen molar-refractivity contribution in [1.29, 1.82) is 5.26 Å². The Morgan fingerprint density at radius 2 is 2.00 bits per heavy atom. The Morgan fingerprint density at radius 1 is 1.21 bits per heavy atom. The van der Waals surface area contributed by atoms with Crippen LogP contribution in [0.2, 0.25) is 0 Å². The van der Waals surface area contributed by atoms with Crippen molar-refractivity contribution in [3.63, 3.8) is 0 Å². The van der Waals surface area contributed by atoms with Crippen molar-refractivity contribution in [2.45, 2.75) is 12.5 Å². The third-order valence-electron chi connectivity index (χ3n) is 3.38. The van der Waals surface area contributed by atoms with Crippen molar-refractivity contribution >= 4 is 5.69 Å². The number of nitriles is 1. The summed E-state index contributed by atoms with van der Waals surface area (Å²) in [5.74, 6) is 0.799. The van der Waals surface area contributed by atoms with E-state index in [0.29, 0.717) is 6.61 Å². The molecule has 0 aliphatic carbocycles. The molecule has 0 amide bonds. The number of fused-ring (bicyclic) bond motifs is 1. The highest BCUT2D eigenvalue weighted by Crippen LogP contribution is 2.37. The maximum Gasteiger partial charge on any atom is 0.185 e. The average Bonchev–Trinajstić information content (AvgIpc) is 2.47. The minimum absolute atomic E-state index is 0.309. The average molecular weight is 250 g/mol. The van der Waals surface area contributed by atoms with Crippen LogP contribution in [0.5, 0.6) is 5.75 Å². The standard InChI is InChI=1S/C16H14N2O/c1-12-7-8-15-14(9-12)18-16(10-17,11-19-15)13-5-3-2-4-6-13/h2-9,18H,11H2,1H3. The number of hydrogen-bond donors (Lipinski definition) is 1. The molecule has 0 radical (unpaired) electrons. The molecule has 1 atom stereocenters. The zero-order valence-electron chi connectivity index (χ0n) is 10.7. The van der Waals surface area contributed by atoms with Gasteiger partial charge in [-0.25, -0.2) is 0 Å². The normalized spacial score (nSPS) is 20.6. The first-order chi connectivity index (χ1) is 9.23. The second-order valence-electron chi connectivity index (χ2n) is 4.80. The van der Waals surface area contributed by atoms with E-state index in [2.05, 4.69) is 11.4 Å². The summed E-state index contributed by atoms with van der Waals surface area (Å²) in [7, 11) is 0. The molecule has 0 spiro atoms. The zero-order chi connectivity index (χ0) is 13.3. The molecule has 1 heterocycles. The van der Waals surface area contributed by atoms with E-state index in [1.807, 2.05) is 55.5 Å². The molecule has 0 aromatic heterocycles. The van der Waals surface area contributed by atoms with E-state index in [-0.39, 0.29) is 0 Å². The van der Waals surface area contributed by atoms with Crippen LogP contribution in [0.1, 0.15) is 11.1 Å². The van der Waals surface area contributed by atoms with E-state index in [0.717, 1.165) is 22.6 Å². The Kier molecular flexibility index (Phi) is 2.64. The summed E-state index contributed by atoms with van der Waals surface area (Å²) in [5, 5.41) is 12.9. The maximum absolute atomic E-state index is 9.60. The number of aryl methyl sites for hydroxylation is 1. The van der Waals surface area contributed by atoms with Crippen LogP contribution in [0.3, 0.4) is 0 Å². The van der Waals surface area contributed by atoms with Gasteiger partial charge in [-0.05, 0) is 30.2 Å². The van der Waals surface area contributed by atoms with Crippen LogP contribution in [0, 0.1) is 18.3 Å². The summed E-state index contributed by atoms with van der Waals surface area (Å²) in [6, 6.07) is 18.0. The third-order valence-corrected chi connectivity index (χ3v) is 3.38. The quantitative estimate of drug-likeness (QED) is 0.845. The van der Waals surface area contributed by atoms with Crippen LogP contribution in [0.4, 0.5) is 5.69 Å². The van der Waals surface area contributed by atoms with Gasteiger partial charge >= 0.3 is 0 Å². The molecule has 19 heavy (non-hydrogen) atoms. The summed E-state index contributed by atoms with van der Waals surface area (Å²) >= 11 is 0. The predicted octanol–water partition coefficient (Wildman–Crippen LogP) is 3.22. The molecule has 3 rings (SSSR count). The van der Waals surface area contributed by atoms with E-state index in [4.69, 9.17) is 4.74 Å². The molecule has 3 heteroatoms. The fourth-order valence-corrected chi connectivity index (χ4v) is 2.32. The Bertz CT molecular complexity index is 646. The Balaban J connectivity index is 2.05. The van der Waals surface area contributed by atoms with Gasteiger partial charge in [-0.3, -0.25) is 0 Å². The van der Waals surface area contributed by atoms with Crippen LogP contribution in [-0.4, -0.2) is 6.61 Å². The van der Waals surface area contributed by atoms with E-state index >= 15 is 0 Å². The number of ether oxygens (including phenoxy) is 1. The summed E-state index contributed by atoms with van der Waals surface area (Å²) in [4.78, 5) is 0. The zero-order valence-corrected chi connectivity index (χ0v) is 10.7. The molecule has 0 fully saturated rings. The van der Waals surface area contributed by atoms with E-state index in [1.165, 1.54) is 0 Å². The Labute approximate surface area is 112 Å². The molecule has 0 saturated heterocycles. The van der Waals surface area contributed by atoms with E-state index in [1.54, 1.807) is 0 Å². The highest BCUT2D eigenvalue weighted by atomic mass is 16.5. The van der Waals surface area contributed by atoms with Crippen molar-refractivity contribution < 1.29 is 4.74 Å². The summed E-state index contributed by atoms with van der Waals surface area (Å²) < 4.78 is 5.75. The lowest BCUT2D eigenvalue weighted by atomic mass is 9.90. The predicted molar refractivity (Wildman–Crippen MR) is 74.0 cm³/mol. The molecule has 94 valence electrons. The molecular weight excluding hydrogens is 236 g/mol. The minimum atomic E-state index is -0.817. The molecule has 2 aromatic rings. The summed E-state index contributed by atoms with van der Waals surface area (Å²) in [6.45, 7) is 2.33. The van der Waals surface area contributed by atoms with Crippen molar-refractivity contribution in [2.75, 3.05) is 11.9 Å². The number of nitrogens with zero attached hydrogens (tertiary/aromatic N) is 1. The van der Waals surface area contributed by atoms with Crippen LogP contribution in [0.15, 0.2) is 48.5 Å². The summed E-state index contributed by atoms with van der Waals surface area (Å²) in [6.07, 6.45) is 0. The highest BCUT2D eigenvalue weighted by Gasteiger charge is 2.37. The molecule has 0 saturated carbocycles. The second kappa shape index (κ2) is 4.33. The van der Waals surface area contributed by atoms with Crippen molar-refractivity contribution in [1.82, 2.24) is 0 Å². The monoisotopic (exact) mass is 250 g/mol. The lowest BCUT2D eigenvalue weighted by Crippen LogP contribution is -2.42. The van der Waals surface area contributed by atoms with Gasteiger partial charge in [0.25, 0.3) is 0 Å². The SMILES string of the molecule is Cc1ccc2c(c1)NC(C#N)(c1ccccc1)CO2. The Hall–Kier alpha value is -2.47. The van der Waals surface area contributed by atoms with E-state index in [9.17, 15) is 5.26 Å². The molecule has 1 aliphatic rings. The van der Waals surface area contributed by atoms with E-state index < -0.39 is 5.54 Å². The van der Waals surface area contributed by atoms with Crippen LogP contribution in [-0.2, 0) is 5.54 Å². The third kappa shape index (κ3) is 1.92.